The van der Waals surface area contributed by atoms with Gasteiger partial charge in [0.05, 0.1) is 0 Å². The van der Waals surface area contributed by atoms with Gasteiger partial charge in [0.2, 0.25) is 0 Å². The topological polar surface area (TPSA) is 28.7 Å². The molecule has 0 aliphatic heterocycles. The Hall–Kier alpha value is -0.535. The maximum atomic E-state index is 4.60. The van der Waals surface area contributed by atoms with E-state index in [1.165, 1.54) is 5.39 Å². The molecule has 2 heterocycles. The van der Waals surface area contributed by atoms with Crippen LogP contribution in [0.2, 0.25) is 16.6 Å². The van der Waals surface area contributed by atoms with Crippen molar-refractivity contribution in [1.29, 1.82) is 0 Å². The summed E-state index contributed by atoms with van der Waals surface area (Å²) in [5, 5.41) is 1.27. The molecule has 2 nitrogen and oxygen atoms in total. The zero-order valence-electron chi connectivity index (χ0n) is 13.5. The number of pyridine rings is 1. The Morgan fingerprint density at radius 2 is 1.65 bits per heavy atom. The molecule has 2 aromatic rings. The molecule has 0 aliphatic carbocycles. The molecule has 1 N–H and O–H groups in total. The van der Waals surface area contributed by atoms with Gasteiger partial charge < -0.3 is 0 Å². The normalized spacial score (nSPS) is 13.7. The summed E-state index contributed by atoms with van der Waals surface area (Å²) in [5.74, 6) is 0. The van der Waals surface area contributed by atoms with Crippen molar-refractivity contribution in [3.05, 3.63) is 24.5 Å². The molecule has 0 fully saturated rings. The summed E-state index contributed by atoms with van der Waals surface area (Å²) in [5.41, 5.74) is 3.57. The number of nitrogens with zero attached hydrogens (tertiary/aromatic N) is 1. The molecule has 1 atom stereocenters. The zero-order valence-corrected chi connectivity index (χ0v) is 16.6. The third kappa shape index (κ3) is 2.75. The average Bonchev–Trinajstić information content (AvgIpc) is 2.81. The Labute approximate surface area is 129 Å². The molecule has 0 saturated carbocycles. The van der Waals surface area contributed by atoms with Gasteiger partial charge in [0.25, 0.3) is 0 Å². The van der Waals surface area contributed by atoms with Crippen LogP contribution in [-0.2, 0) is 0 Å². The molecule has 110 valence electrons. The van der Waals surface area contributed by atoms with Crippen molar-refractivity contribution in [3.63, 3.8) is 0 Å². The van der Waals surface area contributed by atoms with Crippen LogP contribution >= 0.6 is 0 Å². The van der Waals surface area contributed by atoms with Crippen LogP contribution in [0.5, 0.6) is 0 Å². The quantitative estimate of drug-likeness (QED) is 0.817. The second-order valence-electron chi connectivity index (χ2n) is 6.66. The summed E-state index contributed by atoms with van der Waals surface area (Å²) in [6.07, 6.45) is 4.12. The molecule has 0 spiro atoms. The summed E-state index contributed by atoms with van der Waals surface area (Å²) in [7, 11) is 0. The SMILES string of the molecule is CC(C)[Si]([AsH]c1cnc2[nH]ccc2c1)(C(C)C)C(C)C. The average molecular weight is 350 g/mol. The number of nitrogens with one attached hydrogen (secondary N) is 1. The van der Waals surface area contributed by atoms with Gasteiger partial charge in [-0.1, -0.05) is 0 Å². The van der Waals surface area contributed by atoms with E-state index in [1.807, 2.05) is 6.20 Å². The van der Waals surface area contributed by atoms with Crippen LogP contribution in [-0.4, -0.2) is 31.6 Å². The molecule has 0 saturated heterocycles. The third-order valence-electron chi connectivity index (χ3n) is 4.63. The molecular formula is C16H27AsN2Si. The minimum absolute atomic E-state index is 0.101. The molecule has 2 rings (SSSR count). The molecule has 1 unspecified atom stereocenters. The van der Waals surface area contributed by atoms with Crippen LogP contribution in [0.4, 0.5) is 0 Å². The van der Waals surface area contributed by atoms with Crippen LogP contribution in [0.25, 0.3) is 11.0 Å². The summed E-state index contributed by atoms with van der Waals surface area (Å²) < 4.78 is 1.54. The van der Waals surface area contributed by atoms with Crippen molar-refractivity contribution in [1.82, 2.24) is 9.97 Å². The van der Waals surface area contributed by atoms with Gasteiger partial charge in [0.1, 0.15) is 0 Å². The first-order valence-corrected chi connectivity index (χ1v) is 14.0. The summed E-state index contributed by atoms with van der Waals surface area (Å²) >= 11 is -0.101. The molecule has 2 aromatic heterocycles. The summed E-state index contributed by atoms with van der Waals surface area (Å²) in [6, 6.07) is 4.52. The van der Waals surface area contributed by atoms with Gasteiger partial charge in [0, 0.05) is 0 Å². The van der Waals surface area contributed by atoms with Crippen LogP contribution < -0.4 is 4.35 Å². The van der Waals surface area contributed by atoms with Crippen molar-refractivity contribution in [3.8, 4) is 0 Å². The van der Waals surface area contributed by atoms with E-state index in [0.29, 0.717) is 0 Å². The predicted molar refractivity (Wildman–Crippen MR) is 93.9 cm³/mol. The Morgan fingerprint density at radius 3 is 2.20 bits per heavy atom. The van der Waals surface area contributed by atoms with Crippen molar-refractivity contribution in [2.45, 2.75) is 58.2 Å². The second kappa shape index (κ2) is 6.07. The Bertz CT molecular complexity index is 553. The van der Waals surface area contributed by atoms with Crippen molar-refractivity contribution in [2.75, 3.05) is 0 Å². The summed E-state index contributed by atoms with van der Waals surface area (Å²) in [4.78, 5) is 7.79. The monoisotopic (exact) mass is 350 g/mol. The van der Waals surface area contributed by atoms with Gasteiger partial charge in [-0.3, -0.25) is 0 Å². The van der Waals surface area contributed by atoms with Gasteiger partial charge in [-0.05, 0) is 0 Å². The molecule has 0 aromatic carbocycles. The first-order valence-electron chi connectivity index (χ1n) is 7.59. The van der Waals surface area contributed by atoms with Crippen LogP contribution in [0.3, 0.4) is 0 Å². The van der Waals surface area contributed by atoms with E-state index in [4.69, 9.17) is 0 Å². The van der Waals surface area contributed by atoms with Crippen LogP contribution in [0.15, 0.2) is 24.5 Å². The van der Waals surface area contributed by atoms with Gasteiger partial charge in [-0.25, -0.2) is 0 Å². The van der Waals surface area contributed by atoms with Gasteiger partial charge in [-0.2, -0.15) is 0 Å². The number of H-pyrrole nitrogens is 1. The fourth-order valence-corrected chi connectivity index (χ4v) is 19.1. The van der Waals surface area contributed by atoms with E-state index in [-0.39, 0.29) is 15.1 Å². The molecule has 0 radical (unpaired) electrons. The fourth-order valence-electron chi connectivity index (χ4n) is 3.69. The standard InChI is InChI=1S/C16H27AsN2Si/c1-11(2)20(12(3)4,13(5)6)17-15-9-14-7-8-18-16(14)19-10-15/h7-13,17H,1-6H3,(H,18,19). The third-order valence-corrected chi connectivity index (χ3v) is 27.1. The number of aromatic amines is 1. The fraction of sp³-hybridized carbons (Fsp3) is 0.562. The van der Waals surface area contributed by atoms with Gasteiger partial charge in [-0.15, -0.1) is 0 Å². The Morgan fingerprint density at radius 1 is 1.05 bits per heavy atom. The van der Waals surface area contributed by atoms with Crippen molar-refractivity contribution < 1.29 is 0 Å². The molecule has 0 aliphatic rings. The van der Waals surface area contributed by atoms with E-state index in [2.05, 4.69) is 69.8 Å². The number of aromatic nitrogens is 2. The molecular weight excluding hydrogens is 323 g/mol. The van der Waals surface area contributed by atoms with Crippen molar-refractivity contribution in [2.24, 2.45) is 0 Å². The zero-order chi connectivity index (χ0) is 14.9. The summed E-state index contributed by atoms with van der Waals surface area (Å²) in [6.45, 7) is 13.5. The van der Waals surface area contributed by atoms with Crippen molar-refractivity contribution >= 4 is 37.0 Å². The molecule has 20 heavy (non-hydrogen) atoms. The van der Waals surface area contributed by atoms with E-state index in [9.17, 15) is 0 Å². The number of fused-ring (bicyclic) bond motifs is 1. The van der Waals surface area contributed by atoms with Crippen LogP contribution in [0, 0.1) is 0 Å². The molecule has 0 amide bonds. The maximum absolute atomic E-state index is 4.60. The predicted octanol–water partition coefficient (Wildman–Crippen LogP) is 3.80. The van der Waals surface area contributed by atoms with E-state index in [0.717, 1.165) is 22.3 Å². The minimum atomic E-state index is -1.26. The first-order chi connectivity index (χ1) is 9.37. The Balaban J connectivity index is 2.40. The van der Waals surface area contributed by atoms with E-state index < -0.39 is 6.54 Å². The van der Waals surface area contributed by atoms with Gasteiger partial charge >= 0.3 is 130 Å². The second-order valence-corrected chi connectivity index (χ2v) is 20.5. The first kappa shape index (κ1) is 15.8. The number of hydrogen-bond acceptors (Lipinski definition) is 1. The number of rotatable bonds is 5. The van der Waals surface area contributed by atoms with Gasteiger partial charge in [0.15, 0.2) is 0 Å². The Kier molecular flexibility index (Phi) is 4.81. The van der Waals surface area contributed by atoms with E-state index >= 15 is 0 Å². The van der Waals surface area contributed by atoms with Crippen LogP contribution in [0.1, 0.15) is 41.5 Å². The molecule has 0 bridgehead atoms. The van der Waals surface area contributed by atoms with E-state index in [1.54, 1.807) is 4.35 Å². The number of hydrogen-bond donors (Lipinski definition) is 1. The molecule has 4 heteroatoms.